The van der Waals surface area contributed by atoms with Gasteiger partial charge in [0.1, 0.15) is 5.65 Å². The van der Waals surface area contributed by atoms with Crippen LogP contribution in [-0.2, 0) is 10.2 Å². The number of nitrogens with zero attached hydrogens (tertiary/aromatic N) is 2. The molecule has 14 heavy (non-hydrogen) atoms. The van der Waals surface area contributed by atoms with Crippen molar-refractivity contribution in [3.63, 3.8) is 0 Å². The first-order chi connectivity index (χ1) is 6.47. The van der Waals surface area contributed by atoms with E-state index in [1.807, 2.05) is 0 Å². The van der Waals surface area contributed by atoms with E-state index in [1.54, 1.807) is 6.07 Å². The SMILES string of the molecule is O=S(=O)(F)c1cn2cc(Cl)ccc2n1. The molecule has 0 bridgehead atoms. The van der Waals surface area contributed by atoms with E-state index in [1.165, 1.54) is 16.7 Å². The second kappa shape index (κ2) is 2.93. The van der Waals surface area contributed by atoms with E-state index in [4.69, 9.17) is 11.6 Å². The molecule has 0 aliphatic heterocycles. The van der Waals surface area contributed by atoms with Crippen molar-refractivity contribution in [1.29, 1.82) is 0 Å². The fourth-order valence-corrected chi connectivity index (χ4v) is 1.67. The zero-order valence-electron chi connectivity index (χ0n) is 6.68. The van der Waals surface area contributed by atoms with E-state index < -0.39 is 15.2 Å². The average Bonchev–Trinajstić information content (AvgIpc) is 2.45. The summed E-state index contributed by atoms with van der Waals surface area (Å²) in [7, 11) is -4.75. The number of hydrogen-bond acceptors (Lipinski definition) is 3. The van der Waals surface area contributed by atoms with E-state index in [0.717, 1.165) is 6.20 Å². The molecule has 0 aliphatic carbocycles. The third-order valence-electron chi connectivity index (χ3n) is 1.64. The summed E-state index contributed by atoms with van der Waals surface area (Å²) in [4.78, 5) is 3.57. The third-order valence-corrected chi connectivity index (χ3v) is 2.56. The Balaban J connectivity index is 2.75. The second-order valence-electron chi connectivity index (χ2n) is 2.63. The van der Waals surface area contributed by atoms with Crippen LogP contribution in [0.25, 0.3) is 5.65 Å². The van der Waals surface area contributed by atoms with Crippen LogP contribution in [-0.4, -0.2) is 17.8 Å². The molecule has 0 atom stereocenters. The van der Waals surface area contributed by atoms with Gasteiger partial charge in [0.25, 0.3) is 0 Å². The van der Waals surface area contributed by atoms with Crippen molar-refractivity contribution in [3.05, 3.63) is 29.5 Å². The molecule has 0 aromatic carbocycles. The molecule has 0 saturated carbocycles. The highest BCUT2D eigenvalue weighted by molar-refractivity contribution is 7.86. The number of aromatic nitrogens is 2. The highest BCUT2D eigenvalue weighted by Crippen LogP contribution is 2.15. The summed E-state index contributed by atoms with van der Waals surface area (Å²) < 4.78 is 34.9. The molecule has 2 aromatic rings. The van der Waals surface area contributed by atoms with Crippen LogP contribution in [0.15, 0.2) is 29.6 Å². The molecular weight excluding hydrogens is 231 g/mol. The number of imidazole rings is 1. The van der Waals surface area contributed by atoms with Crippen molar-refractivity contribution in [2.24, 2.45) is 0 Å². The molecule has 0 spiro atoms. The topological polar surface area (TPSA) is 51.4 Å². The minimum absolute atomic E-state index is 0.325. The molecule has 0 fully saturated rings. The van der Waals surface area contributed by atoms with E-state index in [0.29, 0.717) is 10.7 Å². The standard InChI is InChI=1S/C7H4ClFN2O2S/c8-5-1-2-6-10-7(14(9,12)13)4-11(6)3-5/h1-4H. The maximum Gasteiger partial charge on any atom is 0.351 e. The van der Waals surface area contributed by atoms with Crippen molar-refractivity contribution in [3.8, 4) is 0 Å². The van der Waals surface area contributed by atoms with Crippen LogP contribution in [0.1, 0.15) is 0 Å². The number of hydrogen-bond donors (Lipinski definition) is 0. The smallest absolute Gasteiger partial charge is 0.304 e. The number of fused-ring (bicyclic) bond motifs is 1. The van der Waals surface area contributed by atoms with Crippen LogP contribution < -0.4 is 0 Å². The Labute approximate surface area is 84.2 Å². The summed E-state index contributed by atoms with van der Waals surface area (Å²) in [6, 6.07) is 3.04. The number of rotatable bonds is 1. The van der Waals surface area contributed by atoms with Gasteiger partial charge in [0.2, 0.25) is 5.03 Å². The number of pyridine rings is 1. The highest BCUT2D eigenvalue weighted by Gasteiger charge is 2.16. The van der Waals surface area contributed by atoms with Gasteiger partial charge in [0.15, 0.2) is 0 Å². The normalized spacial score (nSPS) is 12.1. The van der Waals surface area contributed by atoms with Crippen LogP contribution >= 0.6 is 11.6 Å². The Morgan fingerprint density at radius 3 is 2.71 bits per heavy atom. The van der Waals surface area contributed by atoms with E-state index >= 15 is 0 Å². The van der Waals surface area contributed by atoms with Crippen LogP contribution in [0.3, 0.4) is 0 Å². The van der Waals surface area contributed by atoms with Gasteiger partial charge in [-0.15, -0.1) is 0 Å². The Kier molecular flexibility index (Phi) is 1.97. The molecule has 0 amide bonds. The lowest BCUT2D eigenvalue weighted by molar-refractivity contribution is 0.548. The highest BCUT2D eigenvalue weighted by atomic mass is 35.5. The third kappa shape index (κ3) is 1.58. The molecule has 2 rings (SSSR count). The van der Waals surface area contributed by atoms with Gasteiger partial charge in [0, 0.05) is 6.20 Å². The van der Waals surface area contributed by atoms with Crippen LogP contribution in [0.5, 0.6) is 0 Å². The lowest BCUT2D eigenvalue weighted by atomic mass is 10.5. The molecule has 0 saturated heterocycles. The quantitative estimate of drug-likeness (QED) is 0.705. The molecule has 2 aromatic heterocycles. The maximum atomic E-state index is 12.5. The zero-order valence-corrected chi connectivity index (χ0v) is 8.26. The molecule has 4 nitrogen and oxygen atoms in total. The van der Waals surface area contributed by atoms with E-state index in [9.17, 15) is 12.3 Å². The first kappa shape index (κ1) is 9.42. The minimum atomic E-state index is -4.75. The summed E-state index contributed by atoms with van der Waals surface area (Å²) in [5.74, 6) is 0. The van der Waals surface area contributed by atoms with Gasteiger partial charge in [-0.3, -0.25) is 0 Å². The first-order valence-corrected chi connectivity index (χ1v) is 5.32. The number of halogens is 2. The van der Waals surface area contributed by atoms with Gasteiger partial charge in [-0.2, -0.15) is 8.42 Å². The Morgan fingerprint density at radius 1 is 1.36 bits per heavy atom. The second-order valence-corrected chi connectivity index (χ2v) is 4.36. The van der Waals surface area contributed by atoms with Gasteiger partial charge >= 0.3 is 10.2 Å². The van der Waals surface area contributed by atoms with Crippen molar-refractivity contribution >= 4 is 27.5 Å². The predicted molar refractivity (Wildman–Crippen MR) is 48.5 cm³/mol. The van der Waals surface area contributed by atoms with Gasteiger partial charge in [-0.1, -0.05) is 15.5 Å². The Hall–Kier alpha value is -1.14. The van der Waals surface area contributed by atoms with Gasteiger partial charge in [0.05, 0.1) is 11.2 Å². The van der Waals surface area contributed by atoms with Crippen molar-refractivity contribution < 1.29 is 12.3 Å². The zero-order chi connectivity index (χ0) is 10.3. The summed E-state index contributed by atoms with van der Waals surface area (Å²) in [6.45, 7) is 0. The predicted octanol–water partition coefficient (Wildman–Crippen LogP) is 1.65. The molecular formula is C7H4ClFN2O2S. The van der Waals surface area contributed by atoms with E-state index in [2.05, 4.69) is 4.98 Å². The molecule has 7 heteroatoms. The first-order valence-electron chi connectivity index (χ1n) is 3.56. The lowest BCUT2D eigenvalue weighted by Gasteiger charge is -1.91. The van der Waals surface area contributed by atoms with Crippen molar-refractivity contribution in [2.45, 2.75) is 5.03 Å². The largest absolute Gasteiger partial charge is 0.351 e. The Morgan fingerprint density at radius 2 is 2.07 bits per heavy atom. The van der Waals surface area contributed by atoms with Crippen LogP contribution in [0, 0.1) is 0 Å². The van der Waals surface area contributed by atoms with Crippen LogP contribution in [0.2, 0.25) is 5.02 Å². The molecule has 0 radical (unpaired) electrons. The summed E-state index contributed by atoms with van der Waals surface area (Å²) in [5.41, 5.74) is 0.325. The average molecular weight is 235 g/mol. The molecule has 0 aliphatic rings. The lowest BCUT2D eigenvalue weighted by Crippen LogP contribution is -1.90. The molecule has 0 unspecified atom stereocenters. The molecule has 0 N–H and O–H groups in total. The monoisotopic (exact) mass is 234 g/mol. The molecule has 74 valence electrons. The fraction of sp³-hybridized carbons (Fsp3) is 0. The summed E-state index contributed by atoms with van der Waals surface area (Å²) in [5, 5.41) is -0.197. The van der Waals surface area contributed by atoms with Gasteiger partial charge < -0.3 is 4.40 Å². The van der Waals surface area contributed by atoms with Crippen molar-refractivity contribution in [2.75, 3.05) is 0 Å². The van der Waals surface area contributed by atoms with Crippen molar-refractivity contribution in [1.82, 2.24) is 9.38 Å². The van der Waals surface area contributed by atoms with Gasteiger partial charge in [-0.25, -0.2) is 4.98 Å². The molecule has 2 heterocycles. The fourth-order valence-electron chi connectivity index (χ4n) is 1.06. The Bertz CT molecular complexity index is 593. The summed E-state index contributed by atoms with van der Waals surface area (Å²) in [6.07, 6.45) is 2.51. The maximum absolute atomic E-state index is 12.5. The summed E-state index contributed by atoms with van der Waals surface area (Å²) >= 11 is 5.65. The van der Waals surface area contributed by atoms with E-state index in [-0.39, 0.29) is 0 Å². The van der Waals surface area contributed by atoms with Crippen LogP contribution in [0.4, 0.5) is 3.89 Å². The van der Waals surface area contributed by atoms with Gasteiger partial charge in [-0.05, 0) is 12.1 Å². The minimum Gasteiger partial charge on any atom is -0.304 e.